The van der Waals surface area contributed by atoms with Gasteiger partial charge in [0.05, 0.1) is 7.11 Å². The second-order valence-electron chi connectivity index (χ2n) is 7.63. The van der Waals surface area contributed by atoms with E-state index in [2.05, 4.69) is 16.1 Å². The van der Waals surface area contributed by atoms with Gasteiger partial charge in [-0.1, -0.05) is 59.1 Å². The van der Waals surface area contributed by atoms with Gasteiger partial charge in [-0.05, 0) is 48.0 Å². The third-order valence-electron chi connectivity index (χ3n) is 5.15. The summed E-state index contributed by atoms with van der Waals surface area (Å²) in [6.07, 6.45) is 0. The molecule has 11 heteroatoms. The van der Waals surface area contributed by atoms with Crippen molar-refractivity contribution in [3.8, 4) is 5.75 Å². The van der Waals surface area contributed by atoms with Crippen molar-refractivity contribution in [2.24, 2.45) is 0 Å². The Morgan fingerprint density at radius 2 is 1.56 bits per heavy atom. The Balaban J connectivity index is 1.61. The highest BCUT2D eigenvalue weighted by Crippen LogP contribution is 2.29. The van der Waals surface area contributed by atoms with Gasteiger partial charge in [0.2, 0.25) is 0 Å². The lowest BCUT2D eigenvalue weighted by Gasteiger charge is -2.14. The topological polar surface area (TPSA) is 101 Å². The van der Waals surface area contributed by atoms with E-state index in [9.17, 15) is 14.4 Å². The summed E-state index contributed by atoms with van der Waals surface area (Å²) in [5.41, 5.74) is 4.05. The molecule has 8 nitrogen and oxygen atoms in total. The summed E-state index contributed by atoms with van der Waals surface area (Å²) in [6.45, 7) is 0.113. The summed E-state index contributed by atoms with van der Waals surface area (Å²) < 4.78 is 6.63. The molecule has 3 N–H and O–H groups in total. The molecule has 0 fully saturated rings. The average molecular weight is 546 g/mol. The highest BCUT2D eigenvalue weighted by molar-refractivity contribution is 6.38. The number of methoxy groups -OCH3 is 1. The number of para-hydroxylation sites is 1. The lowest BCUT2D eigenvalue weighted by molar-refractivity contribution is -0.136. The second kappa shape index (κ2) is 10.9. The number of benzene rings is 3. The first-order valence-electron chi connectivity index (χ1n) is 10.5. The summed E-state index contributed by atoms with van der Waals surface area (Å²) in [6, 6.07) is 18.1. The Morgan fingerprint density at radius 3 is 2.22 bits per heavy atom. The smallest absolute Gasteiger partial charge is 0.328 e. The van der Waals surface area contributed by atoms with E-state index in [4.69, 9.17) is 39.5 Å². The fraction of sp³-hybridized carbons (Fsp3) is 0.0800. The third kappa shape index (κ3) is 5.73. The molecule has 0 saturated heterocycles. The zero-order chi connectivity index (χ0) is 25.8. The van der Waals surface area contributed by atoms with Crippen LogP contribution >= 0.6 is 34.8 Å². The molecule has 0 aliphatic carbocycles. The van der Waals surface area contributed by atoms with E-state index in [1.807, 2.05) is 0 Å². The summed E-state index contributed by atoms with van der Waals surface area (Å²) in [5.74, 6) is -2.06. The van der Waals surface area contributed by atoms with Crippen molar-refractivity contribution < 1.29 is 19.1 Å². The third-order valence-corrected chi connectivity index (χ3v) is 5.83. The normalized spacial score (nSPS) is 10.7. The number of amides is 3. The van der Waals surface area contributed by atoms with Crippen molar-refractivity contribution in [2.75, 3.05) is 17.9 Å². The molecule has 4 aromatic rings. The minimum absolute atomic E-state index is 0.0458. The summed E-state index contributed by atoms with van der Waals surface area (Å²) >= 11 is 17.9. The number of hydrogen-bond donors (Lipinski definition) is 3. The van der Waals surface area contributed by atoms with Gasteiger partial charge in [-0.2, -0.15) is 0 Å². The van der Waals surface area contributed by atoms with Crippen LogP contribution in [-0.4, -0.2) is 29.5 Å². The largest absolute Gasteiger partial charge is 0.494 e. The van der Waals surface area contributed by atoms with Crippen LogP contribution in [0.3, 0.4) is 0 Å². The Labute approximate surface area is 221 Å². The predicted octanol–water partition coefficient (Wildman–Crippen LogP) is 5.25. The standard InChI is InChI=1S/C25H19Cl3N4O4/c1-36-21-4-2-3-15-9-20(23(33)30-19-11-17(27)10-18(28)12-19)32(22(15)21)31-25(35)24(34)29-13-14-5-7-16(26)8-6-14/h2-12H,13H2,1H3,(H,29,34)(H,30,33)(H,31,35). The maximum atomic E-state index is 13.2. The fourth-order valence-electron chi connectivity index (χ4n) is 3.51. The van der Waals surface area contributed by atoms with E-state index in [0.717, 1.165) is 5.56 Å². The van der Waals surface area contributed by atoms with Crippen LogP contribution in [0.2, 0.25) is 15.1 Å². The summed E-state index contributed by atoms with van der Waals surface area (Å²) in [7, 11) is 1.46. The predicted molar refractivity (Wildman–Crippen MR) is 141 cm³/mol. The van der Waals surface area contributed by atoms with Gasteiger partial charge in [0, 0.05) is 32.7 Å². The molecule has 0 aliphatic heterocycles. The van der Waals surface area contributed by atoms with Crippen molar-refractivity contribution in [2.45, 2.75) is 6.54 Å². The van der Waals surface area contributed by atoms with Gasteiger partial charge in [-0.25, -0.2) is 4.68 Å². The number of ether oxygens (including phenoxy) is 1. The van der Waals surface area contributed by atoms with Crippen LogP contribution in [0.5, 0.6) is 5.75 Å². The quantitative estimate of drug-likeness (QED) is 0.288. The fourth-order valence-corrected chi connectivity index (χ4v) is 4.17. The number of nitrogens with zero attached hydrogens (tertiary/aromatic N) is 1. The van der Waals surface area contributed by atoms with E-state index in [-0.39, 0.29) is 12.2 Å². The van der Waals surface area contributed by atoms with E-state index < -0.39 is 17.7 Å². The van der Waals surface area contributed by atoms with Gasteiger partial charge >= 0.3 is 11.8 Å². The number of carbonyl (C=O) groups is 3. The van der Waals surface area contributed by atoms with E-state index in [1.165, 1.54) is 30.0 Å². The highest BCUT2D eigenvalue weighted by atomic mass is 35.5. The van der Waals surface area contributed by atoms with E-state index in [0.29, 0.717) is 37.4 Å². The van der Waals surface area contributed by atoms with Crippen LogP contribution < -0.4 is 20.8 Å². The van der Waals surface area contributed by atoms with Gasteiger partial charge in [0.25, 0.3) is 5.91 Å². The Bertz CT molecular complexity index is 1450. The average Bonchev–Trinajstić information content (AvgIpc) is 3.21. The van der Waals surface area contributed by atoms with Crippen molar-refractivity contribution in [1.29, 1.82) is 0 Å². The summed E-state index contributed by atoms with van der Waals surface area (Å²) in [5, 5.41) is 7.08. The Morgan fingerprint density at radius 1 is 0.861 bits per heavy atom. The van der Waals surface area contributed by atoms with Gasteiger partial charge in [0.15, 0.2) is 0 Å². The first-order valence-corrected chi connectivity index (χ1v) is 11.7. The number of nitrogens with one attached hydrogen (secondary N) is 3. The van der Waals surface area contributed by atoms with Crippen molar-refractivity contribution in [3.05, 3.63) is 93.1 Å². The monoisotopic (exact) mass is 544 g/mol. The molecule has 1 aromatic heterocycles. The second-order valence-corrected chi connectivity index (χ2v) is 8.93. The molecular formula is C25H19Cl3N4O4. The van der Waals surface area contributed by atoms with Gasteiger partial charge in [0.1, 0.15) is 17.0 Å². The van der Waals surface area contributed by atoms with Crippen LogP contribution in [-0.2, 0) is 16.1 Å². The molecule has 0 aliphatic rings. The minimum Gasteiger partial charge on any atom is -0.494 e. The molecule has 4 rings (SSSR count). The van der Waals surface area contributed by atoms with Crippen LogP contribution in [0.15, 0.2) is 66.7 Å². The number of halogens is 3. The molecule has 0 atom stereocenters. The molecule has 3 aromatic carbocycles. The molecule has 0 spiro atoms. The number of hydrogen-bond acceptors (Lipinski definition) is 4. The van der Waals surface area contributed by atoms with Crippen LogP contribution in [0.25, 0.3) is 10.9 Å². The van der Waals surface area contributed by atoms with Crippen molar-refractivity contribution in [1.82, 2.24) is 9.99 Å². The van der Waals surface area contributed by atoms with Gasteiger partial charge in [-0.15, -0.1) is 0 Å². The minimum atomic E-state index is -0.979. The molecule has 0 unspecified atom stereocenters. The molecule has 1 heterocycles. The highest BCUT2D eigenvalue weighted by Gasteiger charge is 2.23. The van der Waals surface area contributed by atoms with Crippen LogP contribution in [0, 0.1) is 0 Å². The first kappa shape index (κ1) is 25.4. The molecule has 184 valence electrons. The number of anilines is 1. The first-order chi connectivity index (χ1) is 17.2. The van der Waals surface area contributed by atoms with E-state index >= 15 is 0 Å². The van der Waals surface area contributed by atoms with Gasteiger partial charge < -0.3 is 15.4 Å². The van der Waals surface area contributed by atoms with E-state index in [1.54, 1.807) is 48.5 Å². The zero-order valence-electron chi connectivity index (χ0n) is 18.8. The number of carbonyl (C=O) groups excluding carboxylic acids is 3. The van der Waals surface area contributed by atoms with Gasteiger partial charge in [-0.3, -0.25) is 19.8 Å². The molecule has 36 heavy (non-hydrogen) atoms. The Hall–Kier alpha value is -3.72. The van der Waals surface area contributed by atoms with Crippen molar-refractivity contribution in [3.63, 3.8) is 0 Å². The lowest BCUT2D eigenvalue weighted by atomic mass is 10.2. The molecule has 0 saturated carbocycles. The SMILES string of the molecule is COc1cccc2cc(C(=O)Nc3cc(Cl)cc(Cl)c3)n(NC(=O)C(=O)NCc3ccc(Cl)cc3)c12. The number of rotatable bonds is 6. The Kier molecular flexibility index (Phi) is 7.69. The molecule has 0 radical (unpaired) electrons. The number of fused-ring (bicyclic) bond motifs is 1. The maximum Gasteiger partial charge on any atom is 0.328 e. The zero-order valence-corrected chi connectivity index (χ0v) is 21.0. The molecular weight excluding hydrogens is 527 g/mol. The molecule has 0 bridgehead atoms. The van der Waals surface area contributed by atoms with Crippen molar-refractivity contribution >= 4 is 69.1 Å². The van der Waals surface area contributed by atoms with Crippen LogP contribution in [0.1, 0.15) is 16.1 Å². The van der Waals surface area contributed by atoms with Crippen LogP contribution in [0.4, 0.5) is 5.69 Å². The lowest BCUT2D eigenvalue weighted by Crippen LogP contribution is -2.39. The number of aromatic nitrogens is 1. The summed E-state index contributed by atoms with van der Waals surface area (Å²) in [4.78, 5) is 38.5. The maximum absolute atomic E-state index is 13.2. The molecule has 3 amide bonds.